The first kappa shape index (κ1) is 13.5. The molecular formula is C15H18N2O2S. The Morgan fingerprint density at radius 3 is 2.75 bits per heavy atom. The minimum Gasteiger partial charge on any atom is -0.345 e. The number of nitrogens with zero attached hydrogens (tertiary/aromatic N) is 1. The molecule has 0 saturated carbocycles. The lowest BCUT2D eigenvalue weighted by Crippen LogP contribution is -2.54. The number of rotatable bonds is 3. The molecule has 1 aromatic rings. The van der Waals surface area contributed by atoms with Crippen molar-refractivity contribution in [1.82, 2.24) is 10.2 Å². The van der Waals surface area contributed by atoms with Crippen LogP contribution in [-0.4, -0.2) is 40.8 Å². The molecule has 0 radical (unpaired) electrons. The Balaban J connectivity index is 1.85. The summed E-state index contributed by atoms with van der Waals surface area (Å²) in [6.07, 6.45) is 2.34. The van der Waals surface area contributed by atoms with Crippen molar-refractivity contribution in [2.45, 2.75) is 24.1 Å². The molecule has 2 atom stereocenters. The number of carbonyl (C=O) groups excluding carboxylic acids is 2. The quantitative estimate of drug-likeness (QED) is 0.919. The Labute approximate surface area is 122 Å². The molecule has 0 bridgehead atoms. The fraction of sp³-hybridized carbons (Fsp3) is 0.467. The molecule has 1 N–H and O–H groups in total. The molecule has 0 aliphatic carbocycles. The van der Waals surface area contributed by atoms with Crippen LogP contribution in [0.1, 0.15) is 24.4 Å². The first-order valence-corrected chi connectivity index (χ1v) is 8.04. The second-order valence-electron chi connectivity index (χ2n) is 5.21. The predicted octanol–water partition coefficient (Wildman–Crippen LogP) is 1.58. The fourth-order valence-electron chi connectivity index (χ4n) is 2.83. The molecule has 2 saturated heterocycles. The normalized spacial score (nSPS) is 26.7. The summed E-state index contributed by atoms with van der Waals surface area (Å²) in [5.41, 5.74) is 0.890. The van der Waals surface area contributed by atoms with E-state index in [1.54, 1.807) is 4.90 Å². The van der Waals surface area contributed by atoms with Crippen molar-refractivity contribution in [3.05, 3.63) is 35.9 Å². The summed E-state index contributed by atoms with van der Waals surface area (Å²) in [5.74, 6) is 1.11. The molecule has 1 aromatic carbocycles. The lowest BCUT2D eigenvalue weighted by Gasteiger charge is -2.36. The van der Waals surface area contributed by atoms with E-state index in [0.717, 1.165) is 17.7 Å². The molecule has 20 heavy (non-hydrogen) atoms. The molecule has 0 spiro atoms. The van der Waals surface area contributed by atoms with Crippen molar-refractivity contribution in [2.75, 3.05) is 18.8 Å². The second kappa shape index (κ2) is 5.87. The van der Waals surface area contributed by atoms with Gasteiger partial charge in [-0.2, -0.15) is 11.8 Å². The maximum Gasteiger partial charge on any atom is 0.247 e. The third kappa shape index (κ3) is 2.68. The third-order valence-electron chi connectivity index (χ3n) is 3.83. The molecule has 3 rings (SSSR count). The highest BCUT2D eigenvalue weighted by molar-refractivity contribution is 8.00. The Kier molecular flexibility index (Phi) is 3.96. The summed E-state index contributed by atoms with van der Waals surface area (Å²) >= 11 is 1.91. The van der Waals surface area contributed by atoms with Gasteiger partial charge < -0.3 is 10.2 Å². The Hall–Kier alpha value is -1.49. The van der Waals surface area contributed by atoms with Gasteiger partial charge in [0.15, 0.2) is 0 Å². The van der Waals surface area contributed by atoms with Crippen LogP contribution in [-0.2, 0) is 9.59 Å². The van der Waals surface area contributed by atoms with Crippen LogP contribution < -0.4 is 5.32 Å². The highest BCUT2D eigenvalue weighted by atomic mass is 32.2. The molecular weight excluding hydrogens is 272 g/mol. The molecule has 0 aromatic heterocycles. The van der Waals surface area contributed by atoms with Crippen molar-refractivity contribution in [3.8, 4) is 0 Å². The van der Waals surface area contributed by atoms with Crippen LogP contribution in [0.4, 0.5) is 0 Å². The van der Waals surface area contributed by atoms with Gasteiger partial charge in [-0.25, -0.2) is 0 Å². The second-order valence-corrected chi connectivity index (χ2v) is 6.62. The number of amides is 2. The minimum absolute atomic E-state index is 0.0194. The minimum atomic E-state index is -0.473. The lowest BCUT2D eigenvalue weighted by atomic mass is 10.0. The zero-order valence-corrected chi connectivity index (χ0v) is 12.1. The number of hydrogen-bond acceptors (Lipinski definition) is 3. The van der Waals surface area contributed by atoms with Crippen molar-refractivity contribution in [3.63, 3.8) is 0 Å². The van der Waals surface area contributed by atoms with Gasteiger partial charge in [-0.3, -0.25) is 9.59 Å². The SMILES string of the molecule is O=C1NCC(=O)N(CC2CCCS2)C1c1ccccc1. The molecule has 2 heterocycles. The first-order valence-electron chi connectivity index (χ1n) is 6.99. The number of piperazine rings is 1. The van der Waals surface area contributed by atoms with Crippen LogP contribution >= 0.6 is 11.8 Å². The van der Waals surface area contributed by atoms with Gasteiger partial charge in [0.05, 0.1) is 6.54 Å². The van der Waals surface area contributed by atoms with Crippen LogP contribution in [0.15, 0.2) is 30.3 Å². The highest BCUT2D eigenvalue weighted by Crippen LogP contribution is 2.31. The van der Waals surface area contributed by atoms with Crippen LogP contribution in [0.2, 0.25) is 0 Å². The maximum atomic E-state index is 12.2. The Morgan fingerprint density at radius 2 is 2.05 bits per heavy atom. The van der Waals surface area contributed by atoms with E-state index in [1.165, 1.54) is 6.42 Å². The zero-order chi connectivity index (χ0) is 13.9. The van der Waals surface area contributed by atoms with Crippen LogP contribution in [0.25, 0.3) is 0 Å². The van der Waals surface area contributed by atoms with E-state index in [9.17, 15) is 9.59 Å². The number of benzene rings is 1. The molecule has 4 nitrogen and oxygen atoms in total. The zero-order valence-electron chi connectivity index (χ0n) is 11.2. The van der Waals surface area contributed by atoms with Crippen molar-refractivity contribution < 1.29 is 9.59 Å². The summed E-state index contributed by atoms with van der Waals surface area (Å²) < 4.78 is 0. The van der Waals surface area contributed by atoms with Gasteiger partial charge in [0, 0.05) is 11.8 Å². The summed E-state index contributed by atoms with van der Waals surface area (Å²) in [7, 11) is 0. The largest absolute Gasteiger partial charge is 0.345 e. The van der Waals surface area contributed by atoms with Crippen LogP contribution in [0.3, 0.4) is 0 Å². The molecule has 2 aliphatic heterocycles. The number of nitrogens with one attached hydrogen (secondary N) is 1. The van der Waals surface area contributed by atoms with Gasteiger partial charge in [-0.05, 0) is 24.2 Å². The van der Waals surface area contributed by atoms with E-state index in [1.807, 2.05) is 42.1 Å². The van der Waals surface area contributed by atoms with E-state index >= 15 is 0 Å². The number of thioether (sulfide) groups is 1. The lowest BCUT2D eigenvalue weighted by molar-refractivity contribution is -0.145. The van der Waals surface area contributed by atoms with Gasteiger partial charge in [0.1, 0.15) is 6.04 Å². The molecule has 2 aliphatic rings. The molecule has 106 valence electrons. The van der Waals surface area contributed by atoms with Gasteiger partial charge in [-0.1, -0.05) is 30.3 Å². The molecule has 2 fully saturated rings. The van der Waals surface area contributed by atoms with Gasteiger partial charge >= 0.3 is 0 Å². The molecule has 2 unspecified atom stereocenters. The van der Waals surface area contributed by atoms with E-state index < -0.39 is 6.04 Å². The van der Waals surface area contributed by atoms with E-state index in [0.29, 0.717) is 11.8 Å². The van der Waals surface area contributed by atoms with E-state index in [-0.39, 0.29) is 18.4 Å². The summed E-state index contributed by atoms with van der Waals surface area (Å²) in [6, 6.07) is 9.09. The Bertz CT molecular complexity index is 500. The monoisotopic (exact) mass is 290 g/mol. The smallest absolute Gasteiger partial charge is 0.247 e. The van der Waals surface area contributed by atoms with E-state index in [2.05, 4.69) is 5.32 Å². The van der Waals surface area contributed by atoms with Crippen molar-refractivity contribution in [1.29, 1.82) is 0 Å². The summed E-state index contributed by atoms with van der Waals surface area (Å²) in [5, 5.41) is 3.17. The van der Waals surface area contributed by atoms with Gasteiger partial charge in [0.2, 0.25) is 11.8 Å². The van der Waals surface area contributed by atoms with Crippen LogP contribution in [0.5, 0.6) is 0 Å². The first-order chi connectivity index (χ1) is 9.75. The number of carbonyl (C=O) groups is 2. The summed E-state index contributed by atoms with van der Waals surface area (Å²) in [4.78, 5) is 26.2. The van der Waals surface area contributed by atoms with Crippen molar-refractivity contribution >= 4 is 23.6 Å². The third-order valence-corrected chi connectivity index (χ3v) is 5.21. The van der Waals surface area contributed by atoms with Gasteiger partial charge in [0.25, 0.3) is 0 Å². The maximum absolute atomic E-state index is 12.2. The fourth-order valence-corrected chi connectivity index (χ4v) is 4.09. The Morgan fingerprint density at radius 1 is 1.25 bits per heavy atom. The van der Waals surface area contributed by atoms with Crippen LogP contribution in [0, 0.1) is 0 Å². The summed E-state index contributed by atoms with van der Waals surface area (Å²) in [6.45, 7) is 0.802. The average molecular weight is 290 g/mol. The highest BCUT2D eigenvalue weighted by Gasteiger charge is 2.37. The van der Waals surface area contributed by atoms with Crippen molar-refractivity contribution in [2.24, 2.45) is 0 Å². The molecule has 5 heteroatoms. The molecule has 2 amide bonds. The standard InChI is InChI=1S/C15H18N2O2S/c18-13-9-16-15(19)14(11-5-2-1-3-6-11)17(13)10-12-7-4-8-20-12/h1-3,5-6,12,14H,4,7-10H2,(H,16,19). The van der Waals surface area contributed by atoms with Gasteiger partial charge in [-0.15, -0.1) is 0 Å². The number of hydrogen-bond donors (Lipinski definition) is 1. The van der Waals surface area contributed by atoms with E-state index in [4.69, 9.17) is 0 Å². The predicted molar refractivity (Wildman–Crippen MR) is 79.4 cm³/mol. The topological polar surface area (TPSA) is 49.4 Å². The average Bonchev–Trinajstić information content (AvgIpc) is 2.97.